The predicted octanol–water partition coefficient (Wildman–Crippen LogP) is 3.01. The lowest BCUT2D eigenvalue weighted by atomic mass is 10.4. The Morgan fingerprint density at radius 1 is 0.923 bits per heavy atom. The molecule has 3 aromatic heterocycles. The fourth-order valence-electron chi connectivity index (χ4n) is 2.46. The average Bonchev–Trinajstić information content (AvgIpc) is 2.53. The van der Waals surface area contributed by atoms with Crippen molar-refractivity contribution in [2.75, 3.05) is 24.0 Å². The Morgan fingerprint density at radius 2 is 1.65 bits per heavy atom. The van der Waals surface area contributed by atoms with E-state index in [2.05, 4.69) is 35.6 Å². The van der Waals surface area contributed by atoms with Crippen molar-refractivity contribution in [3.63, 3.8) is 0 Å². The van der Waals surface area contributed by atoms with Crippen LogP contribution in [0.4, 0.5) is 23.3 Å². The Hall–Kier alpha value is -2.86. The number of hydrogen-bond acceptors (Lipinski definition) is 8. The second-order valence-electron chi connectivity index (χ2n) is 6.20. The summed E-state index contributed by atoms with van der Waals surface area (Å²) in [6, 6.07) is 7.15. The molecule has 0 saturated heterocycles. The van der Waals surface area contributed by atoms with Gasteiger partial charge in [0.15, 0.2) is 0 Å². The average molecular weight is 369 g/mol. The van der Waals surface area contributed by atoms with Crippen molar-refractivity contribution in [3.8, 4) is 0 Å². The van der Waals surface area contributed by atoms with Gasteiger partial charge in [-0.3, -0.25) is 0 Å². The molecule has 0 aliphatic carbocycles. The maximum absolute atomic E-state index is 12.5. The normalized spacial score (nSPS) is 11.2. The Morgan fingerprint density at radius 3 is 2.35 bits per heavy atom. The van der Waals surface area contributed by atoms with Gasteiger partial charge in [0.1, 0.15) is 42.6 Å². The SMILES string of the molecule is Cc1cc(Nc2cc(Nc3ncccc3P(C)(C)=O)ncn2)nc(C)n1. The summed E-state index contributed by atoms with van der Waals surface area (Å²) < 4.78 is 12.5. The minimum absolute atomic E-state index is 0.527. The largest absolute Gasteiger partial charge is 0.325 e. The van der Waals surface area contributed by atoms with Gasteiger partial charge in [-0.1, -0.05) is 0 Å². The molecule has 0 saturated carbocycles. The zero-order valence-electron chi connectivity index (χ0n) is 15.1. The third-order valence-corrected chi connectivity index (χ3v) is 5.02. The van der Waals surface area contributed by atoms with E-state index >= 15 is 0 Å². The van der Waals surface area contributed by atoms with Crippen LogP contribution in [0.15, 0.2) is 36.8 Å². The standard InChI is InChI=1S/C17H20N7OP/c1-11-8-16(22-12(2)21-11)23-14-9-15(20-10-19-14)24-17-13(26(3,4)25)6-5-7-18-17/h5-10H,1-4H3,(H2,18,19,20,21,22,23,24). The van der Waals surface area contributed by atoms with Gasteiger partial charge >= 0.3 is 0 Å². The molecule has 0 amide bonds. The predicted molar refractivity (Wildman–Crippen MR) is 103 cm³/mol. The Bertz CT molecular complexity index is 966. The van der Waals surface area contributed by atoms with E-state index in [4.69, 9.17) is 0 Å². The van der Waals surface area contributed by atoms with Crippen LogP contribution in [-0.4, -0.2) is 38.2 Å². The number of pyridine rings is 1. The Kier molecular flexibility index (Phi) is 4.95. The molecule has 134 valence electrons. The summed E-state index contributed by atoms with van der Waals surface area (Å²) in [7, 11) is -2.47. The quantitative estimate of drug-likeness (QED) is 0.661. The zero-order chi connectivity index (χ0) is 18.7. The van der Waals surface area contributed by atoms with Crippen molar-refractivity contribution in [2.24, 2.45) is 0 Å². The van der Waals surface area contributed by atoms with Crippen molar-refractivity contribution < 1.29 is 4.57 Å². The maximum atomic E-state index is 12.5. The lowest BCUT2D eigenvalue weighted by molar-refractivity contribution is 0.588. The molecule has 8 nitrogen and oxygen atoms in total. The Labute approximate surface area is 151 Å². The van der Waals surface area contributed by atoms with E-state index in [1.165, 1.54) is 6.33 Å². The molecule has 26 heavy (non-hydrogen) atoms. The van der Waals surface area contributed by atoms with Gasteiger partial charge in [-0.25, -0.2) is 24.9 Å². The fraction of sp³-hybridized carbons (Fsp3) is 0.235. The molecule has 0 bridgehead atoms. The molecular formula is C17H20N7OP. The van der Waals surface area contributed by atoms with Crippen LogP contribution in [0.5, 0.6) is 0 Å². The van der Waals surface area contributed by atoms with Crippen molar-refractivity contribution in [1.29, 1.82) is 0 Å². The zero-order valence-corrected chi connectivity index (χ0v) is 16.0. The van der Waals surface area contributed by atoms with Crippen LogP contribution < -0.4 is 15.9 Å². The molecule has 0 radical (unpaired) electrons. The topological polar surface area (TPSA) is 106 Å². The van der Waals surface area contributed by atoms with Gasteiger partial charge in [0.25, 0.3) is 0 Å². The first kappa shape index (κ1) is 17.9. The molecule has 0 aromatic carbocycles. The first-order valence-corrected chi connectivity index (χ1v) is 10.6. The number of aromatic nitrogens is 5. The summed E-state index contributed by atoms with van der Waals surface area (Å²) >= 11 is 0. The summed E-state index contributed by atoms with van der Waals surface area (Å²) in [4.78, 5) is 21.3. The highest BCUT2D eigenvalue weighted by Gasteiger charge is 2.17. The van der Waals surface area contributed by atoms with Gasteiger partial charge in [0.2, 0.25) is 0 Å². The lowest BCUT2D eigenvalue weighted by Gasteiger charge is -2.13. The second kappa shape index (κ2) is 7.17. The number of anilines is 4. The third-order valence-electron chi connectivity index (χ3n) is 3.50. The van der Waals surface area contributed by atoms with Crippen LogP contribution in [0, 0.1) is 13.8 Å². The van der Waals surface area contributed by atoms with Gasteiger partial charge in [-0.15, -0.1) is 0 Å². The second-order valence-corrected chi connectivity index (χ2v) is 9.39. The van der Waals surface area contributed by atoms with E-state index in [9.17, 15) is 4.57 Å². The van der Waals surface area contributed by atoms with Crippen LogP contribution in [0.25, 0.3) is 0 Å². The first-order chi connectivity index (χ1) is 12.3. The van der Waals surface area contributed by atoms with Crippen LogP contribution >= 0.6 is 7.14 Å². The smallest absolute Gasteiger partial charge is 0.142 e. The number of nitrogens with zero attached hydrogens (tertiary/aromatic N) is 5. The molecule has 3 heterocycles. The van der Waals surface area contributed by atoms with Gasteiger partial charge < -0.3 is 15.2 Å². The molecule has 0 unspecified atom stereocenters. The minimum atomic E-state index is -2.47. The molecule has 0 aliphatic heterocycles. The Balaban J connectivity index is 1.86. The van der Waals surface area contributed by atoms with E-state index in [-0.39, 0.29) is 0 Å². The molecule has 2 N–H and O–H groups in total. The van der Waals surface area contributed by atoms with Gasteiger partial charge in [-0.05, 0) is 39.3 Å². The number of aryl methyl sites for hydroxylation is 2. The molecule has 0 spiro atoms. The van der Waals surface area contributed by atoms with E-state index in [0.29, 0.717) is 34.4 Å². The lowest BCUT2D eigenvalue weighted by Crippen LogP contribution is -2.12. The van der Waals surface area contributed by atoms with E-state index in [1.54, 1.807) is 31.7 Å². The van der Waals surface area contributed by atoms with Gasteiger partial charge in [0.05, 0.1) is 5.30 Å². The number of hydrogen-bond donors (Lipinski definition) is 2. The van der Waals surface area contributed by atoms with Crippen molar-refractivity contribution in [1.82, 2.24) is 24.9 Å². The molecule has 3 aromatic rings. The van der Waals surface area contributed by atoms with Crippen molar-refractivity contribution in [3.05, 3.63) is 48.3 Å². The van der Waals surface area contributed by atoms with Crippen LogP contribution in [0.1, 0.15) is 11.5 Å². The fourth-order valence-corrected chi connectivity index (χ4v) is 3.52. The summed E-state index contributed by atoms with van der Waals surface area (Å²) in [6.45, 7) is 7.16. The highest BCUT2D eigenvalue weighted by atomic mass is 31.2. The van der Waals surface area contributed by atoms with E-state index in [0.717, 1.165) is 5.69 Å². The van der Waals surface area contributed by atoms with Crippen LogP contribution in [0.3, 0.4) is 0 Å². The molecule has 0 fully saturated rings. The summed E-state index contributed by atoms with van der Waals surface area (Å²) in [5.74, 6) is 2.98. The monoisotopic (exact) mass is 369 g/mol. The summed E-state index contributed by atoms with van der Waals surface area (Å²) in [5.41, 5.74) is 0.868. The third kappa shape index (κ3) is 4.40. The number of rotatable bonds is 5. The first-order valence-electron chi connectivity index (χ1n) is 8.00. The van der Waals surface area contributed by atoms with E-state index in [1.807, 2.05) is 26.0 Å². The summed E-state index contributed by atoms with van der Waals surface area (Å²) in [5, 5.41) is 6.94. The minimum Gasteiger partial charge on any atom is -0.325 e. The molecular weight excluding hydrogens is 349 g/mol. The summed E-state index contributed by atoms with van der Waals surface area (Å²) in [6.07, 6.45) is 3.08. The highest BCUT2D eigenvalue weighted by molar-refractivity contribution is 7.70. The number of nitrogens with one attached hydrogen (secondary N) is 2. The van der Waals surface area contributed by atoms with Crippen LogP contribution in [-0.2, 0) is 4.57 Å². The molecule has 9 heteroatoms. The molecule has 0 aliphatic rings. The van der Waals surface area contributed by atoms with Gasteiger partial charge in [0, 0.05) is 24.0 Å². The van der Waals surface area contributed by atoms with Gasteiger partial charge in [-0.2, -0.15) is 0 Å². The van der Waals surface area contributed by atoms with Crippen molar-refractivity contribution in [2.45, 2.75) is 13.8 Å². The molecule has 3 rings (SSSR count). The maximum Gasteiger partial charge on any atom is 0.142 e. The molecule has 0 atom stereocenters. The van der Waals surface area contributed by atoms with Crippen molar-refractivity contribution >= 4 is 35.7 Å². The van der Waals surface area contributed by atoms with Crippen LogP contribution in [0.2, 0.25) is 0 Å². The van der Waals surface area contributed by atoms with E-state index < -0.39 is 7.14 Å². The highest BCUT2D eigenvalue weighted by Crippen LogP contribution is 2.37.